The summed E-state index contributed by atoms with van der Waals surface area (Å²) in [5.74, 6) is 3.73. The second-order valence-electron chi connectivity index (χ2n) is 9.65. The molecule has 4 aromatic rings. The maximum Gasteiger partial charge on any atom is 0.137 e. The SMILES string of the molecule is Cc1cc(CCCOc2c(C)cc(-c3cc(C)c(OCCCc4cc(C)no4)c(C)c3)cc2C)on1. The van der Waals surface area contributed by atoms with E-state index in [4.69, 9.17) is 18.5 Å². The molecule has 36 heavy (non-hydrogen) atoms. The molecule has 0 fully saturated rings. The Bertz CT molecular complexity index is 1170. The normalized spacial score (nSPS) is 11.2. The summed E-state index contributed by atoms with van der Waals surface area (Å²) in [7, 11) is 0. The molecule has 2 aromatic carbocycles. The molecule has 0 amide bonds. The standard InChI is InChI=1S/C30H36N2O4/c1-19-13-25(14-20(2)29(19)33-11-7-9-27-17-23(5)31-35-27)26-15-21(3)30(22(4)16-26)34-12-8-10-28-18-24(6)32-36-28/h13-18H,7-12H2,1-6H3. The van der Waals surface area contributed by atoms with Gasteiger partial charge in [0.15, 0.2) is 0 Å². The third-order valence-corrected chi connectivity index (χ3v) is 6.24. The van der Waals surface area contributed by atoms with E-state index in [0.717, 1.165) is 82.3 Å². The molecule has 0 aliphatic carbocycles. The van der Waals surface area contributed by atoms with Crippen LogP contribution < -0.4 is 9.47 Å². The van der Waals surface area contributed by atoms with Gasteiger partial charge in [-0.25, -0.2) is 0 Å². The van der Waals surface area contributed by atoms with Gasteiger partial charge in [-0.05, 0) is 112 Å². The predicted molar refractivity (Wildman–Crippen MR) is 141 cm³/mol. The van der Waals surface area contributed by atoms with Gasteiger partial charge in [-0.3, -0.25) is 0 Å². The highest BCUT2D eigenvalue weighted by Gasteiger charge is 2.12. The van der Waals surface area contributed by atoms with Gasteiger partial charge < -0.3 is 18.5 Å². The summed E-state index contributed by atoms with van der Waals surface area (Å²) >= 11 is 0. The van der Waals surface area contributed by atoms with Crippen LogP contribution in [0.15, 0.2) is 45.4 Å². The highest BCUT2D eigenvalue weighted by atomic mass is 16.5. The fourth-order valence-corrected chi connectivity index (χ4v) is 4.60. The van der Waals surface area contributed by atoms with E-state index in [-0.39, 0.29) is 0 Å². The van der Waals surface area contributed by atoms with Crippen LogP contribution in [0.3, 0.4) is 0 Å². The van der Waals surface area contributed by atoms with E-state index < -0.39 is 0 Å². The number of hydrogen-bond acceptors (Lipinski definition) is 6. The fourth-order valence-electron chi connectivity index (χ4n) is 4.60. The number of aryl methyl sites for hydroxylation is 8. The second-order valence-corrected chi connectivity index (χ2v) is 9.65. The highest BCUT2D eigenvalue weighted by molar-refractivity contribution is 5.70. The molecule has 6 heteroatoms. The Kier molecular flexibility index (Phi) is 8.14. The van der Waals surface area contributed by atoms with Gasteiger partial charge in [-0.2, -0.15) is 0 Å². The molecule has 190 valence electrons. The Hall–Kier alpha value is -3.54. The zero-order chi connectivity index (χ0) is 25.7. The van der Waals surface area contributed by atoms with Crippen molar-refractivity contribution in [1.29, 1.82) is 0 Å². The van der Waals surface area contributed by atoms with E-state index in [1.54, 1.807) is 0 Å². The summed E-state index contributed by atoms with van der Waals surface area (Å²) in [6.45, 7) is 13.6. The second kappa shape index (κ2) is 11.5. The summed E-state index contributed by atoms with van der Waals surface area (Å²) in [6.07, 6.45) is 3.41. The summed E-state index contributed by atoms with van der Waals surface area (Å²) in [6, 6.07) is 12.8. The topological polar surface area (TPSA) is 70.5 Å². The maximum absolute atomic E-state index is 6.15. The first kappa shape index (κ1) is 25.5. The van der Waals surface area contributed by atoms with Crippen LogP contribution in [0.2, 0.25) is 0 Å². The summed E-state index contributed by atoms with van der Waals surface area (Å²) in [5.41, 5.74) is 8.75. The van der Waals surface area contributed by atoms with Crippen molar-refractivity contribution in [1.82, 2.24) is 10.3 Å². The van der Waals surface area contributed by atoms with Crippen molar-refractivity contribution in [3.63, 3.8) is 0 Å². The first-order valence-electron chi connectivity index (χ1n) is 12.6. The quantitative estimate of drug-likeness (QED) is 0.208. The number of ether oxygens (including phenoxy) is 2. The Labute approximate surface area is 213 Å². The molecule has 0 radical (unpaired) electrons. The molecule has 0 atom stereocenters. The van der Waals surface area contributed by atoms with Crippen LogP contribution in [0.4, 0.5) is 0 Å². The molecular weight excluding hydrogens is 452 g/mol. The van der Waals surface area contributed by atoms with Crippen molar-refractivity contribution in [3.8, 4) is 22.6 Å². The van der Waals surface area contributed by atoms with Crippen LogP contribution in [-0.2, 0) is 12.8 Å². The number of hydrogen-bond donors (Lipinski definition) is 0. The first-order chi connectivity index (χ1) is 17.3. The zero-order valence-corrected chi connectivity index (χ0v) is 22.2. The van der Waals surface area contributed by atoms with Crippen molar-refractivity contribution < 1.29 is 18.5 Å². The van der Waals surface area contributed by atoms with Crippen LogP contribution in [0.1, 0.15) is 58.0 Å². The maximum atomic E-state index is 6.15. The molecular formula is C30H36N2O4. The summed E-state index contributed by atoms with van der Waals surface area (Å²) < 4.78 is 22.9. The van der Waals surface area contributed by atoms with Crippen molar-refractivity contribution >= 4 is 0 Å². The first-order valence-corrected chi connectivity index (χ1v) is 12.6. The molecule has 2 heterocycles. The molecule has 0 aliphatic heterocycles. The molecule has 0 bridgehead atoms. The lowest BCUT2D eigenvalue weighted by atomic mass is 9.96. The van der Waals surface area contributed by atoms with Crippen molar-refractivity contribution in [3.05, 3.63) is 81.6 Å². The van der Waals surface area contributed by atoms with Crippen LogP contribution in [0.25, 0.3) is 11.1 Å². The minimum Gasteiger partial charge on any atom is -0.493 e. The van der Waals surface area contributed by atoms with E-state index in [9.17, 15) is 0 Å². The smallest absolute Gasteiger partial charge is 0.137 e. The van der Waals surface area contributed by atoms with E-state index in [1.807, 2.05) is 26.0 Å². The molecule has 0 saturated carbocycles. The van der Waals surface area contributed by atoms with Gasteiger partial charge in [0.1, 0.15) is 23.0 Å². The minimum atomic E-state index is 0.640. The van der Waals surface area contributed by atoms with Crippen molar-refractivity contribution in [2.75, 3.05) is 13.2 Å². The number of rotatable bonds is 11. The van der Waals surface area contributed by atoms with Gasteiger partial charge in [0, 0.05) is 25.0 Å². The lowest BCUT2D eigenvalue weighted by Crippen LogP contribution is -2.03. The fraction of sp³-hybridized carbons (Fsp3) is 0.400. The van der Waals surface area contributed by atoms with E-state index in [0.29, 0.717) is 13.2 Å². The van der Waals surface area contributed by atoms with Crippen LogP contribution >= 0.6 is 0 Å². The van der Waals surface area contributed by atoms with E-state index >= 15 is 0 Å². The lowest BCUT2D eigenvalue weighted by Gasteiger charge is -2.17. The number of nitrogens with zero attached hydrogens (tertiary/aromatic N) is 2. The molecule has 0 spiro atoms. The van der Waals surface area contributed by atoms with Crippen molar-refractivity contribution in [2.45, 2.75) is 67.2 Å². The average molecular weight is 489 g/mol. The van der Waals surface area contributed by atoms with Gasteiger partial charge in [-0.1, -0.05) is 10.3 Å². The molecule has 6 nitrogen and oxygen atoms in total. The Morgan fingerprint density at radius 2 is 0.917 bits per heavy atom. The molecule has 0 unspecified atom stereocenters. The minimum absolute atomic E-state index is 0.640. The monoisotopic (exact) mass is 488 g/mol. The molecule has 0 saturated heterocycles. The van der Waals surface area contributed by atoms with Gasteiger partial charge in [0.2, 0.25) is 0 Å². The highest BCUT2D eigenvalue weighted by Crippen LogP contribution is 2.34. The van der Waals surface area contributed by atoms with Crippen LogP contribution in [-0.4, -0.2) is 23.5 Å². The number of benzene rings is 2. The summed E-state index contributed by atoms with van der Waals surface area (Å²) in [5, 5.41) is 7.88. The largest absolute Gasteiger partial charge is 0.493 e. The Morgan fingerprint density at radius 3 is 1.22 bits per heavy atom. The van der Waals surface area contributed by atoms with E-state index in [2.05, 4.69) is 62.3 Å². The molecule has 0 aliphatic rings. The van der Waals surface area contributed by atoms with Gasteiger partial charge in [-0.15, -0.1) is 0 Å². The third kappa shape index (κ3) is 6.36. The predicted octanol–water partition coefficient (Wildman–Crippen LogP) is 7.20. The average Bonchev–Trinajstić information content (AvgIpc) is 3.44. The molecule has 2 aromatic heterocycles. The Morgan fingerprint density at radius 1 is 0.556 bits per heavy atom. The Balaban J connectivity index is 1.36. The van der Waals surface area contributed by atoms with Gasteiger partial charge >= 0.3 is 0 Å². The van der Waals surface area contributed by atoms with Gasteiger partial charge in [0.05, 0.1) is 24.6 Å². The van der Waals surface area contributed by atoms with E-state index in [1.165, 1.54) is 11.1 Å². The molecule has 0 N–H and O–H groups in total. The number of aromatic nitrogens is 2. The third-order valence-electron chi connectivity index (χ3n) is 6.24. The van der Waals surface area contributed by atoms with Crippen LogP contribution in [0.5, 0.6) is 11.5 Å². The van der Waals surface area contributed by atoms with Crippen molar-refractivity contribution in [2.24, 2.45) is 0 Å². The van der Waals surface area contributed by atoms with Crippen LogP contribution in [0, 0.1) is 41.5 Å². The molecule has 4 rings (SSSR count). The lowest BCUT2D eigenvalue weighted by molar-refractivity contribution is 0.296. The zero-order valence-electron chi connectivity index (χ0n) is 22.2. The van der Waals surface area contributed by atoms with Gasteiger partial charge in [0.25, 0.3) is 0 Å². The summed E-state index contributed by atoms with van der Waals surface area (Å²) in [4.78, 5) is 0.